The van der Waals surface area contributed by atoms with E-state index in [1.54, 1.807) is 6.07 Å². The third kappa shape index (κ3) is 3.86. The van der Waals surface area contributed by atoms with Crippen molar-refractivity contribution < 1.29 is 34.4 Å². The molecule has 0 aliphatic carbocycles. The summed E-state index contributed by atoms with van der Waals surface area (Å²) in [5, 5.41) is 11.8. The number of hydrogen-bond donors (Lipinski definition) is 2. The van der Waals surface area contributed by atoms with Crippen molar-refractivity contribution in [2.24, 2.45) is 0 Å². The van der Waals surface area contributed by atoms with Crippen LogP contribution in [-0.4, -0.2) is 39.5 Å². The molecule has 2 aromatic carbocycles. The molecule has 3 amide bonds. The maximum absolute atomic E-state index is 14.5. The smallest absolute Gasteiger partial charge is 0.334 e. The molecule has 1 fully saturated rings. The molecule has 1 saturated heterocycles. The summed E-state index contributed by atoms with van der Waals surface area (Å²) in [6, 6.07) is 7.45. The number of imide groups is 1. The van der Waals surface area contributed by atoms with E-state index in [2.05, 4.69) is 5.32 Å². The van der Waals surface area contributed by atoms with Crippen LogP contribution in [0.5, 0.6) is 5.75 Å². The first-order valence-electron chi connectivity index (χ1n) is 10.5. The molecule has 166 valence electrons. The fourth-order valence-corrected chi connectivity index (χ4v) is 3.92. The Morgan fingerprint density at radius 2 is 1.97 bits per heavy atom. The van der Waals surface area contributed by atoms with Crippen molar-refractivity contribution in [2.45, 2.75) is 44.2 Å². The van der Waals surface area contributed by atoms with Crippen LogP contribution in [0.1, 0.15) is 47.7 Å². The van der Waals surface area contributed by atoms with E-state index in [1.165, 1.54) is 24.3 Å². The summed E-state index contributed by atoms with van der Waals surface area (Å²) in [6.45, 7) is -0.0465. The summed E-state index contributed by atoms with van der Waals surface area (Å²) in [5.41, 5.74) is 0.567. The number of benzene rings is 2. The Balaban J connectivity index is 1.47. The number of alkyl halides is 2. The van der Waals surface area contributed by atoms with Gasteiger partial charge in [-0.05, 0) is 42.2 Å². The van der Waals surface area contributed by atoms with Crippen LogP contribution < -0.4 is 5.32 Å². The first-order chi connectivity index (χ1) is 15.5. The van der Waals surface area contributed by atoms with Crippen LogP contribution in [-0.2, 0) is 33.3 Å². The monoisotopic (exact) mass is 443 g/mol. The Morgan fingerprint density at radius 1 is 1.22 bits per heavy atom. The second kappa shape index (κ2) is 8.14. The fourth-order valence-electron chi connectivity index (χ4n) is 3.92. The van der Waals surface area contributed by atoms with Gasteiger partial charge < -0.3 is 10.0 Å². The predicted molar refractivity (Wildman–Crippen MR) is 108 cm³/mol. The van der Waals surface area contributed by atoms with Crippen LogP contribution in [0.25, 0.3) is 0 Å². The normalized spacial score (nSPS) is 21.2. The summed E-state index contributed by atoms with van der Waals surface area (Å²) in [6.07, 6.45) is -0.705. The molecular weight excluding hydrogens is 422 g/mol. The number of phenols is 1. The fraction of sp³-hybridized carbons (Fsp3) is 0.304. The number of aromatic hydroxyl groups is 1. The van der Waals surface area contributed by atoms with Crippen molar-refractivity contribution in [3.63, 3.8) is 0 Å². The van der Waals surface area contributed by atoms with Gasteiger partial charge >= 0.3 is 5.92 Å². The molecule has 2 heterocycles. The number of nitrogens with one attached hydrogen (secondary N) is 1. The van der Waals surface area contributed by atoms with Gasteiger partial charge in [0.25, 0.3) is 5.91 Å². The first kappa shape index (κ1) is 20.3. The average molecular weight is 443 g/mol. The van der Waals surface area contributed by atoms with Crippen LogP contribution in [0.3, 0.4) is 0 Å². The van der Waals surface area contributed by atoms with Crippen molar-refractivity contribution in [1.29, 1.82) is 0 Å². The highest BCUT2D eigenvalue weighted by atomic mass is 19.3. The molecule has 1 atom stereocenters. The highest BCUT2D eigenvalue weighted by Gasteiger charge is 2.42. The van der Waals surface area contributed by atoms with Gasteiger partial charge in [0.05, 0.1) is 6.93 Å². The van der Waals surface area contributed by atoms with Gasteiger partial charge in [-0.3, -0.25) is 24.5 Å². The molecule has 0 spiro atoms. The number of para-hydroxylation sites is 1. The molecule has 7 nitrogen and oxygen atoms in total. The van der Waals surface area contributed by atoms with Gasteiger partial charge in [0, 0.05) is 24.9 Å². The number of rotatable bonds is 6. The zero-order valence-electron chi connectivity index (χ0n) is 17.9. The molecular formula is C23H20F2N2O5. The van der Waals surface area contributed by atoms with E-state index in [9.17, 15) is 33.1 Å². The average Bonchev–Trinajstić information content (AvgIpc) is 3.11. The lowest BCUT2D eigenvalue weighted by Crippen LogP contribution is -2.52. The molecule has 0 radical (unpaired) electrons. The molecule has 1 unspecified atom stereocenters. The lowest BCUT2D eigenvalue weighted by molar-refractivity contribution is -0.144. The number of carbonyl (C=O) groups is 4. The zero-order chi connectivity index (χ0) is 24.0. The Labute approximate surface area is 183 Å². The third-order valence-electron chi connectivity index (χ3n) is 5.64. The molecule has 4 rings (SSSR count). The lowest BCUT2D eigenvalue weighted by atomic mass is 9.97. The van der Waals surface area contributed by atoms with Crippen molar-refractivity contribution in [1.82, 2.24) is 10.2 Å². The molecule has 2 aliphatic rings. The molecule has 0 bridgehead atoms. The van der Waals surface area contributed by atoms with Crippen LogP contribution in [0.4, 0.5) is 8.78 Å². The molecule has 0 saturated carbocycles. The Bertz CT molecular complexity index is 1190. The molecule has 32 heavy (non-hydrogen) atoms. The first-order valence-corrected chi connectivity index (χ1v) is 10.0. The van der Waals surface area contributed by atoms with E-state index in [0.717, 1.165) is 17.0 Å². The molecule has 0 aromatic heterocycles. The van der Waals surface area contributed by atoms with Gasteiger partial charge in [-0.15, -0.1) is 0 Å². The van der Waals surface area contributed by atoms with Gasteiger partial charge in [-0.1, -0.05) is 24.3 Å². The number of amides is 3. The highest BCUT2D eigenvalue weighted by molar-refractivity contribution is 6.05. The minimum absolute atomic E-state index is 0.0233. The number of hydrogen-bond acceptors (Lipinski definition) is 5. The van der Waals surface area contributed by atoms with E-state index < -0.39 is 53.2 Å². The van der Waals surface area contributed by atoms with Crippen LogP contribution >= 0.6 is 0 Å². The molecule has 2 N–H and O–H groups in total. The predicted octanol–water partition coefficient (Wildman–Crippen LogP) is 2.45. The standard InChI is InChI=1S/C23H20F2N2O5/c24-23(25,16-3-1-2-4-18(16)28)19(29)9-6-13-5-7-15-14(11-13)12-27(22(15)32)17-8-10-20(30)26-21(17)31/h1-5,7,11,17,28H,6,8-10,12H2,(H,26,30,31)/i17D. The zero-order valence-corrected chi connectivity index (χ0v) is 16.9. The maximum Gasteiger partial charge on any atom is 0.334 e. The summed E-state index contributed by atoms with van der Waals surface area (Å²) in [5.74, 6) is -7.76. The van der Waals surface area contributed by atoms with Crippen molar-refractivity contribution in [3.05, 3.63) is 64.7 Å². The van der Waals surface area contributed by atoms with Gasteiger partial charge in [0.15, 0.2) is 0 Å². The van der Waals surface area contributed by atoms with E-state index in [0.29, 0.717) is 11.1 Å². The number of aryl methyl sites for hydroxylation is 1. The van der Waals surface area contributed by atoms with E-state index in [4.69, 9.17) is 1.37 Å². The minimum Gasteiger partial charge on any atom is -0.507 e. The van der Waals surface area contributed by atoms with E-state index in [-0.39, 0.29) is 31.4 Å². The second-order valence-corrected chi connectivity index (χ2v) is 7.72. The number of carbonyl (C=O) groups excluding carboxylic acids is 4. The SMILES string of the molecule is [2H]C1(N2Cc3cc(CCC(=O)C(F)(F)c4ccccc4O)ccc3C2=O)CCC(=O)NC1=O. The number of fused-ring (bicyclic) bond motifs is 1. The van der Waals surface area contributed by atoms with Gasteiger partial charge in [0.1, 0.15) is 11.8 Å². The summed E-state index contributed by atoms with van der Waals surface area (Å²) in [7, 11) is 0. The molecule has 2 aliphatic heterocycles. The lowest BCUT2D eigenvalue weighted by Gasteiger charge is -2.29. The minimum atomic E-state index is -3.85. The largest absolute Gasteiger partial charge is 0.507 e. The summed E-state index contributed by atoms with van der Waals surface area (Å²) < 4.78 is 37.5. The third-order valence-corrected chi connectivity index (χ3v) is 5.64. The van der Waals surface area contributed by atoms with Crippen LogP contribution in [0.15, 0.2) is 42.5 Å². The quantitative estimate of drug-likeness (QED) is 0.668. The number of nitrogens with zero attached hydrogens (tertiary/aromatic N) is 1. The van der Waals surface area contributed by atoms with Crippen LogP contribution in [0, 0.1) is 0 Å². The number of piperidine rings is 1. The molecule has 2 aromatic rings. The van der Waals surface area contributed by atoms with Crippen molar-refractivity contribution in [2.75, 3.05) is 0 Å². The summed E-state index contributed by atoms with van der Waals surface area (Å²) >= 11 is 0. The number of Topliss-reactive ketones (excluding diaryl/α,β-unsaturated/α-hetero) is 1. The van der Waals surface area contributed by atoms with Crippen LogP contribution in [0.2, 0.25) is 0 Å². The second-order valence-electron chi connectivity index (χ2n) is 7.72. The van der Waals surface area contributed by atoms with Crippen molar-refractivity contribution in [3.8, 4) is 5.75 Å². The highest BCUT2D eigenvalue weighted by Crippen LogP contribution is 2.36. The maximum atomic E-state index is 14.5. The number of ketones is 1. The Hall–Kier alpha value is -3.62. The van der Waals surface area contributed by atoms with Gasteiger partial charge in [0.2, 0.25) is 17.6 Å². The number of halogens is 2. The molecule has 9 heteroatoms. The Morgan fingerprint density at radius 3 is 2.69 bits per heavy atom. The summed E-state index contributed by atoms with van der Waals surface area (Å²) in [4.78, 5) is 49.8. The topological polar surface area (TPSA) is 104 Å². The Kier molecular flexibility index (Phi) is 5.16. The van der Waals surface area contributed by atoms with E-state index >= 15 is 0 Å². The number of phenolic OH excluding ortho intramolecular Hbond substituents is 1. The van der Waals surface area contributed by atoms with Crippen molar-refractivity contribution >= 4 is 23.5 Å². The van der Waals surface area contributed by atoms with Gasteiger partial charge in [-0.2, -0.15) is 8.78 Å². The van der Waals surface area contributed by atoms with Gasteiger partial charge in [-0.25, -0.2) is 0 Å². The van der Waals surface area contributed by atoms with E-state index in [1.807, 2.05) is 0 Å².